The Kier molecular flexibility index (Phi) is 6.90. The minimum Gasteiger partial charge on any atom is -0.395 e. The van der Waals surface area contributed by atoms with Gasteiger partial charge in [-0.1, -0.05) is 27.7 Å². The van der Waals surface area contributed by atoms with Crippen molar-refractivity contribution < 1.29 is 5.11 Å². The van der Waals surface area contributed by atoms with Crippen LogP contribution in [0.5, 0.6) is 0 Å². The molecule has 0 aromatic carbocycles. The highest BCUT2D eigenvalue weighted by Crippen LogP contribution is 2.38. The molecular weight excluding hydrogens is 230 g/mol. The van der Waals surface area contributed by atoms with Crippen molar-refractivity contribution in [1.82, 2.24) is 5.32 Å². The molecule has 1 aliphatic carbocycles. The van der Waals surface area contributed by atoms with E-state index in [0.717, 1.165) is 18.4 Å². The quantitative estimate of drug-likeness (QED) is 0.769. The molecular formula is C14H29NOS. The lowest BCUT2D eigenvalue weighted by Gasteiger charge is -2.40. The lowest BCUT2D eigenvalue weighted by molar-refractivity contribution is 0.247. The van der Waals surface area contributed by atoms with E-state index < -0.39 is 0 Å². The first-order valence-corrected chi connectivity index (χ1v) is 8.02. The maximum Gasteiger partial charge on any atom is 0.0547 e. The van der Waals surface area contributed by atoms with E-state index in [1.807, 2.05) is 11.8 Å². The summed E-state index contributed by atoms with van der Waals surface area (Å²) in [5.41, 5.74) is 0. The molecule has 0 saturated heterocycles. The van der Waals surface area contributed by atoms with Crippen LogP contribution < -0.4 is 5.32 Å². The van der Waals surface area contributed by atoms with Crippen molar-refractivity contribution in [2.75, 3.05) is 13.2 Å². The van der Waals surface area contributed by atoms with E-state index in [1.165, 1.54) is 19.3 Å². The summed E-state index contributed by atoms with van der Waals surface area (Å²) in [6, 6.07) is 0.632. The molecule has 1 rings (SSSR count). The van der Waals surface area contributed by atoms with Gasteiger partial charge < -0.3 is 10.4 Å². The number of hydrogen-bond donors (Lipinski definition) is 2. The Balaban J connectivity index is 2.58. The van der Waals surface area contributed by atoms with Gasteiger partial charge in [0, 0.05) is 16.5 Å². The zero-order valence-corrected chi connectivity index (χ0v) is 12.6. The molecule has 0 amide bonds. The lowest BCUT2D eigenvalue weighted by atomic mass is 9.80. The second-order valence-corrected chi connectivity index (χ2v) is 7.33. The molecule has 102 valence electrons. The first-order valence-electron chi connectivity index (χ1n) is 7.08. The van der Waals surface area contributed by atoms with Gasteiger partial charge in [-0.3, -0.25) is 0 Å². The SMILES string of the molecule is CCCNC1CC(C)CC(C)C1SC(C)CO. The van der Waals surface area contributed by atoms with Crippen molar-refractivity contribution in [3.8, 4) is 0 Å². The highest BCUT2D eigenvalue weighted by Gasteiger charge is 2.34. The summed E-state index contributed by atoms with van der Waals surface area (Å²) in [7, 11) is 0. The van der Waals surface area contributed by atoms with Gasteiger partial charge in [0.15, 0.2) is 0 Å². The molecule has 0 spiro atoms. The van der Waals surface area contributed by atoms with Gasteiger partial charge in [0.25, 0.3) is 0 Å². The highest BCUT2D eigenvalue weighted by molar-refractivity contribution is 8.00. The summed E-state index contributed by atoms with van der Waals surface area (Å²) in [6.45, 7) is 10.5. The fraction of sp³-hybridized carbons (Fsp3) is 1.00. The minimum atomic E-state index is 0.296. The average molecular weight is 259 g/mol. The van der Waals surface area contributed by atoms with Crippen LogP contribution in [-0.2, 0) is 0 Å². The van der Waals surface area contributed by atoms with Crippen LogP contribution in [0.3, 0.4) is 0 Å². The van der Waals surface area contributed by atoms with Gasteiger partial charge in [-0.05, 0) is 37.6 Å². The van der Waals surface area contributed by atoms with Crippen LogP contribution in [-0.4, -0.2) is 34.8 Å². The van der Waals surface area contributed by atoms with Gasteiger partial charge in [-0.15, -0.1) is 0 Å². The standard InChI is InChI=1S/C14H29NOS/c1-5-6-15-13-8-10(2)7-11(3)14(13)17-12(4)9-16/h10-16H,5-9H2,1-4H3. The van der Waals surface area contributed by atoms with Gasteiger partial charge in [0.1, 0.15) is 0 Å². The summed E-state index contributed by atoms with van der Waals surface area (Å²) in [5, 5.41) is 14.0. The van der Waals surface area contributed by atoms with Gasteiger partial charge in [-0.2, -0.15) is 11.8 Å². The van der Waals surface area contributed by atoms with Crippen molar-refractivity contribution >= 4 is 11.8 Å². The second-order valence-electron chi connectivity index (χ2n) is 5.71. The molecule has 1 saturated carbocycles. The Bertz CT molecular complexity index is 212. The zero-order chi connectivity index (χ0) is 12.8. The summed E-state index contributed by atoms with van der Waals surface area (Å²) in [5.74, 6) is 1.59. The van der Waals surface area contributed by atoms with Crippen molar-refractivity contribution in [2.24, 2.45) is 11.8 Å². The Morgan fingerprint density at radius 3 is 2.65 bits per heavy atom. The van der Waals surface area contributed by atoms with Crippen molar-refractivity contribution in [3.63, 3.8) is 0 Å². The molecule has 2 nitrogen and oxygen atoms in total. The number of hydrogen-bond acceptors (Lipinski definition) is 3. The predicted octanol–water partition coefficient (Wildman–Crippen LogP) is 2.90. The zero-order valence-electron chi connectivity index (χ0n) is 11.8. The van der Waals surface area contributed by atoms with Crippen LogP contribution >= 0.6 is 11.8 Å². The maximum absolute atomic E-state index is 9.22. The van der Waals surface area contributed by atoms with E-state index in [2.05, 4.69) is 33.0 Å². The lowest BCUT2D eigenvalue weighted by Crippen LogP contribution is -2.47. The molecule has 5 atom stereocenters. The second kappa shape index (κ2) is 7.65. The molecule has 5 unspecified atom stereocenters. The fourth-order valence-corrected chi connectivity index (χ4v) is 4.30. The molecule has 0 aliphatic heterocycles. The van der Waals surface area contributed by atoms with E-state index in [9.17, 15) is 5.11 Å². The minimum absolute atomic E-state index is 0.296. The smallest absolute Gasteiger partial charge is 0.0547 e. The van der Waals surface area contributed by atoms with Crippen LogP contribution in [0.4, 0.5) is 0 Å². The number of rotatable bonds is 6. The van der Waals surface area contributed by atoms with Crippen molar-refractivity contribution in [3.05, 3.63) is 0 Å². The van der Waals surface area contributed by atoms with Crippen molar-refractivity contribution in [1.29, 1.82) is 0 Å². The van der Waals surface area contributed by atoms with E-state index in [1.54, 1.807) is 0 Å². The molecule has 0 aromatic heterocycles. The van der Waals surface area contributed by atoms with E-state index >= 15 is 0 Å². The van der Waals surface area contributed by atoms with Crippen molar-refractivity contribution in [2.45, 2.75) is 63.5 Å². The monoisotopic (exact) mass is 259 g/mol. The normalized spacial score (nSPS) is 35.8. The number of thioether (sulfide) groups is 1. The highest BCUT2D eigenvalue weighted by atomic mass is 32.2. The molecule has 0 heterocycles. The Hall–Kier alpha value is 0.270. The molecule has 0 aromatic rings. The van der Waals surface area contributed by atoms with Crippen LogP contribution in [0.2, 0.25) is 0 Å². The third-order valence-electron chi connectivity index (χ3n) is 3.69. The summed E-state index contributed by atoms with van der Waals surface area (Å²) >= 11 is 1.98. The third kappa shape index (κ3) is 4.80. The molecule has 1 fully saturated rings. The molecule has 1 aliphatic rings. The van der Waals surface area contributed by atoms with Crippen LogP contribution in [0.1, 0.15) is 47.0 Å². The predicted molar refractivity (Wildman–Crippen MR) is 77.6 cm³/mol. The van der Waals surface area contributed by atoms with Gasteiger partial charge in [0.2, 0.25) is 0 Å². The average Bonchev–Trinajstić information content (AvgIpc) is 2.29. The number of aliphatic hydroxyl groups is 1. The van der Waals surface area contributed by atoms with E-state index in [0.29, 0.717) is 23.1 Å². The van der Waals surface area contributed by atoms with E-state index in [4.69, 9.17) is 0 Å². The summed E-state index contributed by atoms with van der Waals surface area (Å²) < 4.78 is 0. The van der Waals surface area contributed by atoms with Crippen LogP contribution in [0.25, 0.3) is 0 Å². The largest absolute Gasteiger partial charge is 0.395 e. The topological polar surface area (TPSA) is 32.3 Å². The van der Waals surface area contributed by atoms with Crippen LogP contribution in [0, 0.1) is 11.8 Å². The van der Waals surface area contributed by atoms with E-state index in [-0.39, 0.29) is 0 Å². The Labute approximate surface area is 111 Å². The summed E-state index contributed by atoms with van der Waals surface area (Å²) in [4.78, 5) is 0. The summed E-state index contributed by atoms with van der Waals surface area (Å²) in [6.07, 6.45) is 3.83. The third-order valence-corrected chi connectivity index (χ3v) is 5.41. The first-order chi connectivity index (χ1) is 8.08. The molecule has 2 N–H and O–H groups in total. The Morgan fingerprint density at radius 2 is 2.06 bits per heavy atom. The maximum atomic E-state index is 9.22. The molecule has 0 radical (unpaired) electrons. The van der Waals surface area contributed by atoms with Crippen LogP contribution in [0.15, 0.2) is 0 Å². The molecule has 17 heavy (non-hydrogen) atoms. The Morgan fingerprint density at radius 1 is 1.35 bits per heavy atom. The molecule has 0 bridgehead atoms. The molecule has 3 heteroatoms. The first kappa shape index (κ1) is 15.3. The fourth-order valence-electron chi connectivity index (χ4n) is 2.90. The van der Waals surface area contributed by atoms with Gasteiger partial charge in [0.05, 0.1) is 6.61 Å². The van der Waals surface area contributed by atoms with Gasteiger partial charge >= 0.3 is 0 Å². The number of nitrogens with one attached hydrogen (secondary N) is 1. The van der Waals surface area contributed by atoms with Gasteiger partial charge in [-0.25, -0.2) is 0 Å². The number of aliphatic hydroxyl groups excluding tert-OH is 1.